The van der Waals surface area contributed by atoms with Crippen LogP contribution in [0.15, 0.2) is 35.7 Å². The molecule has 0 saturated carbocycles. The minimum absolute atomic E-state index is 0.137. The Kier molecular flexibility index (Phi) is 4.52. The smallest absolute Gasteiger partial charge is 0.423 e. The first-order chi connectivity index (χ1) is 9.06. The second kappa shape index (κ2) is 6.14. The minimum Gasteiger partial charge on any atom is -0.423 e. The third-order valence-corrected chi connectivity index (χ3v) is 3.41. The van der Waals surface area contributed by atoms with Gasteiger partial charge in [0.25, 0.3) is 0 Å². The van der Waals surface area contributed by atoms with E-state index < -0.39 is 12.9 Å². The normalized spacial score (nSPS) is 10.5. The second-order valence-corrected chi connectivity index (χ2v) is 5.00. The van der Waals surface area contributed by atoms with Gasteiger partial charge in [-0.05, 0) is 29.6 Å². The summed E-state index contributed by atoms with van der Waals surface area (Å²) in [5, 5.41) is 18.5. The van der Waals surface area contributed by atoms with E-state index in [1.807, 2.05) is 6.92 Å². The Labute approximate surface area is 114 Å². The van der Waals surface area contributed by atoms with Crippen LogP contribution in [-0.4, -0.2) is 27.1 Å². The van der Waals surface area contributed by atoms with Crippen molar-refractivity contribution in [2.24, 2.45) is 0 Å². The molecule has 0 fully saturated rings. The van der Waals surface area contributed by atoms with E-state index in [4.69, 9.17) is 10.0 Å². The maximum atomic E-state index is 13.7. The number of rotatable bonds is 4. The fraction of sp³-hybridized carbons (Fsp3) is 0.167. The van der Waals surface area contributed by atoms with Gasteiger partial charge >= 0.3 is 7.12 Å². The van der Waals surface area contributed by atoms with Gasteiger partial charge in [0.2, 0.25) is 0 Å². The standard InChI is InChI=1S/C12H12BFN2O2S/c1-8-5-15-12(16-6-8)19-7-9-2-3-10(13(17)18)4-11(9)14/h2-6,17-18H,7H2,1H3. The second-order valence-electron chi connectivity index (χ2n) is 4.06. The monoisotopic (exact) mass is 278 g/mol. The summed E-state index contributed by atoms with van der Waals surface area (Å²) in [6, 6.07) is 4.14. The zero-order chi connectivity index (χ0) is 13.8. The molecule has 2 N–H and O–H groups in total. The summed E-state index contributed by atoms with van der Waals surface area (Å²) in [6.07, 6.45) is 3.41. The van der Waals surface area contributed by atoms with Gasteiger partial charge in [0.15, 0.2) is 5.16 Å². The summed E-state index contributed by atoms with van der Waals surface area (Å²) in [4.78, 5) is 8.24. The molecule has 19 heavy (non-hydrogen) atoms. The molecule has 0 spiro atoms. The van der Waals surface area contributed by atoms with E-state index in [0.717, 1.165) is 11.6 Å². The molecular formula is C12H12BFN2O2S. The highest BCUT2D eigenvalue weighted by Crippen LogP contribution is 2.20. The van der Waals surface area contributed by atoms with Crippen LogP contribution in [-0.2, 0) is 5.75 Å². The Hall–Kier alpha value is -1.44. The minimum atomic E-state index is -1.66. The highest BCUT2D eigenvalue weighted by Gasteiger charge is 2.13. The summed E-state index contributed by atoms with van der Waals surface area (Å²) in [5.74, 6) is -0.0818. The van der Waals surface area contributed by atoms with Gasteiger partial charge in [0.05, 0.1) is 0 Å². The molecule has 0 bridgehead atoms. The number of aryl methyl sites for hydroxylation is 1. The first-order valence-corrected chi connectivity index (χ1v) is 6.61. The molecule has 0 aliphatic rings. The highest BCUT2D eigenvalue weighted by molar-refractivity contribution is 7.98. The molecule has 0 aliphatic carbocycles. The molecule has 4 nitrogen and oxygen atoms in total. The van der Waals surface area contributed by atoms with E-state index in [2.05, 4.69) is 9.97 Å². The van der Waals surface area contributed by atoms with Crippen LogP contribution in [0.3, 0.4) is 0 Å². The Balaban J connectivity index is 2.05. The van der Waals surface area contributed by atoms with Crippen molar-refractivity contribution in [3.63, 3.8) is 0 Å². The van der Waals surface area contributed by atoms with Crippen molar-refractivity contribution in [2.75, 3.05) is 0 Å². The first kappa shape index (κ1) is 14.0. The van der Waals surface area contributed by atoms with Crippen molar-refractivity contribution >= 4 is 24.3 Å². The van der Waals surface area contributed by atoms with Gasteiger partial charge in [-0.2, -0.15) is 0 Å². The fourth-order valence-electron chi connectivity index (χ4n) is 1.44. The summed E-state index contributed by atoms with van der Waals surface area (Å²) in [7, 11) is -1.66. The number of benzene rings is 1. The van der Waals surface area contributed by atoms with E-state index >= 15 is 0 Å². The predicted molar refractivity (Wildman–Crippen MR) is 72.6 cm³/mol. The third-order valence-electron chi connectivity index (χ3n) is 2.49. The number of thioether (sulfide) groups is 1. The van der Waals surface area contributed by atoms with E-state index in [1.165, 1.54) is 23.9 Å². The average Bonchev–Trinajstić information content (AvgIpc) is 2.39. The lowest BCUT2D eigenvalue weighted by Gasteiger charge is -2.05. The molecule has 0 unspecified atom stereocenters. The van der Waals surface area contributed by atoms with E-state index in [1.54, 1.807) is 12.4 Å². The summed E-state index contributed by atoms with van der Waals surface area (Å²) >= 11 is 1.32. The van der Waals surface area contributed by atoms with Crippen LogP contribution >= 0.6 is 11.8 Å². The van der Waals surface area contributed by atoms with Crippen LogP contribution in [0.1, 0.15) is 11.1 Å². The summed E-state index contributed by atoms with van der Waals surface area (Å²) in [5.41, 5.74) is 1.58. The lowest BCUT2D eigenvalue weighted by atomic mass is 9.80. The molecule has 1 heterocycles. The molecule has 0 aliphatic heterocycles. The Morgan fingerprint density at radius 1 is 1.26 bits per heavy atom. The van der Waals surface area contributed by atoms with Gasteiger partial charge in [-0.15, -0.1) is 0 Å². The van der Waals surface area contributed by atoms with Crippen LogP contribution < -0.4 is 5.46 Å². The lowest BCUT2D eigenvalue weighted by molar-refractivity contribution is 0.425. The summed E-state index contributed by atoms with van der Waals surface area (Å²) in [6.45, 7) is 1.90. The average molecular weight is 278 g/mol. The molecule has 0 amide bonds. The van der Waals surface area contributed by atoms with Gasteiger partial charge in [-0.25, -0.2) is 14.4 Å². The highest BCUT2D eigenvalue weighted by atomic mass is 32.2. The maximum Gasteiger partial charge on any atom is 0.488 e. The number of aromatic nitrogens is 2. The van der Waals surface area contributed by atoms with Crippen molar-refractivity contribution in [2.45, 2.75) is 17.8 Å². The van der Waals surface area contributed by atoms with Crippen LogP contribution in [0.2, 0.25) is 0 Å². The Bertz CT molecular complexity index is 566. The molecule has 0 radical (unpaired) electrons. The molecule has 1 aromatic carbocycles. The van der Waals surface area contributed by atoms with Crippen molar-refractivity contribution < 1.29 is 14.4 Å². The first-order valence-electron chi connectivity index (χ1n) is 5.62. The lowest BCUT2D eigenvalue weighted by Crippen LogP contribution is -2.30. The summed E-state index contributed by atoms with van der Waals surface area (Å²) < 4.78 is 13.7. The van der Waals surface area contributed by atoms with Crippen molar-refractivity contribution in [3.05, 3.63) is 47.5 Å². The molecule has 7 heteroatoms. The Morgan fingerprint density at radius 2 is 1.95 bits per heavy atom. The quantitative estimate of drug-likeness (QED) is 0.494. The third kappa shape index (κ3) is 3.76. The molecule has 98 valence electrons. The number of hydrogen-bond donors (Lipinski definition) is 2. The molecule has 0 saturated heterocycles. The van der Waals surface area contributed by atoms with E-state index in [9.17, 15) is 4.39 Å². The van der Waals surface area contributed by atoms with E-state index in [0.29, 0.717) is 16.5 Å². The molecule has 2 aromatic rings. The van der Waals surface area contributed by atoms with Gasteiger partial charge < -0.3 is 10.0 Å². The van der Waals surface area contributed by atoms with Gasteiger partial charge in [0.1, 0.15) is 5.82 Å². The molecule has 0 atom stereocenters. The molecular weight excluding hydrogens is 266 g/mol. The van der Waals surface area contributed by atoms with Gasteiger partial charge in [0, 0.05) is 18.1 Å². The maximum absolute atomic E-state index is 13.7. The van der Waals surface area contributed by atoms with Gasteiger partial charge in [-0.3, -0.25) is 0 Å². The largest absolute Gasteiger partial charge is 0.488 e. The van der Waals surface area contributed by atoms with Crippen LogP contribution in [0.25, 0.3) is 0 Å². The van der Waals surface area contributed by atoms with Crippen LogP contribution in [0.5, 0.6) is 0 Å². The van der Waals surface area contributed by atoms with Crippen LogP contribution in [0.4, 0.5) is 4.39 Å². The zero-order valence-corrected chi connectivity index (χ0v) is 11.1. The molecule has 1 aromatic heterocycles. The van der Waals surface area contributed by atoms with Crippen molar-refractivity contribution in [3.8, 4) is 0 Å². The number of nitrogens with zero attached hydrogens (tertiary/aromatic N) is 2. The number of halogens is 1. The van der Waals surface area contributed by atoms with E-state index in [-0.39, 0.29) is 5.46 Å². The van der Waals surface area contributed by atoms with Gasteiger partial charge in [-0.1, -0.05) is 23.9 Å². The molecule has 2 rings (SSSR count). The SMILES string of the molecule is Cc1cnc(SCc2ccc(B(O)O)cc2F)nc1. The van der Waals surface area contributed by atoms with Crippen molar-refractivity contribution in [1.82, 2.24) is 9.97 Å². The zero-order valence-electron chi connectivity index (χ0n) is 10.2. The topological polar surface area (TPSA) is 66.2 Å². The van der Waals surface area contributed by atoms with Crippen molar-refractivity contribution in [1.29, 1.82) is 0 Å². The van der Waals surface area contributed by atoms with Crippen LogP contribution in [0, 0.1) is 12.7 Å². The number of hydrogen-bond acceptors (Lipinski definition) is 5. The fourth-order valence-corrected chi connectivity index (χ4v) is 2.21. The predicted octanol–water partition coefficient (Wildman–Crippen LogP) is 0.896. The Morgan fingerprint density at radius 3 is 2.53 bits per heavy atom.